The normalized spacial score (nSPS) is 11.8. The van der Waals surface area contributed by atoms with E-state index in [9.17, 15) is 0 Å². The van der Waals surface area contributed by atoms with Crippen LogP contribution in [0.4, 0.5) is 0 Å². The Morgan fingerprint density at radius 1 is 0.944 bits per heavy atom. The van der Waals surface area contributed by atoms with Gasteiger partial charge in [-0.05, 0) is 50.7 Å². The van der Waals surface area contributed by atoms with Gasteiger partial charge in [0.1, 0.15) is 0 Å². The van der Waals surface area contributed by atoms with Gasteiger partial charge in [0.15, 0.2) is 0 Å². The van der Waals surface area contributed by atoms with E-state index < -0.39 is 0 Å². The largest absolute Gasteiger partial charge is 0.300 e. The summed E-state index contributed by atoms with van der Waals surface area (Å²) >= 11 is 0. The lowest BCUT2D eigenvalue weighted by molar-refractivity contribution is 0.198. The van der Waals surface area contributed by atoms with Gasteiger partial charge in [-0.3, -0.25) is 4.98 Å². The number of nitrogens with zero attached hydrogens (tertiary/aromatic N) is 2. The molecule has 1 aromatic carbocycles. The lowest BCUT2D eigenvalue weighted by atomic mass is 9.91. The molecule has 0 aliphatic heterocycles. The Hall–Kier alpha value is -1.67. The Morgan fingerprint density at radius 3 is 2.11 bits per heavy atom. The van der Waals surface area contributed by atoms with Crippen molar-refractivity contribution in [1.29, 1.82) is 0 Å². The number of rotatable bonds is 3. The summed E-state index contributed by atoms with van der Waals surface area (Å²) in [7, 11) is 4.21. The Morgan fingerprint density at radius 2 is 1.61 bits per heavy atom. The molecule has 0 unspecified atom stereocenters. The molecule has 1 heterocycles. The fourth-order valence-electron chi connectivity index (χ4n) is 1.86. The number of aromatic nitrogens is 1. The summed E-state index contributed by atoms with van der Waals surface area (Å²) in [5.41, 5.74) is 3.74. The lowest BCUT2D eigenvalue weighted by Crippen LogP contribution is -2.35. The molecule has 0 spiro atoms. The minimum Gasteiger partial charge on any atom is -0.300 e. The van der Waals surface area contributed by atoms with Gasteiger partial charge in [-0.2, -0.15) is 0 Å². The van der Waals surface area contributed by atoms with Crippen LogP contribution in [0.25, 0.3) is 11.1 Å². The molecular formula is C16H20N2. The molecule has 0 saturated carbocycles. The second-order valence-electron chi connectivity index (χ2n) is 5.27. The molecule has 0 radical (unpaired) electrons. The average molecular weight is 240 g/mol. The maximum absolute atomic E-state index is 4.15. The Kier molecular flexibility index (Phi) is 3.48. The fourth-order valence-corrected chi connectivity index (χ4v) is 1.86. The summed E-state index contributed by atoms with van der Waals surface area (Å²) in [5, 5.41) is 0. The highest BCUT2D eigenvalue weighted by atomic mass is 15.1. The first-order valence-electron chi connectivity index (χ1n) is 6.20. The first kappa shape index (κ1) is 12.8. The quantitative estimate of drug-likeness (QED) is 0.815. The molecule has 0 aliphatic rings. The third-order valence-corrected chi connectivity index (χ3v) is 3.70. The molecule has 2 nitrogen and oxygen atoms in total. The van der Waals surface area contributed by atoms with E-state index in [1.165, 1.54) is 11.1 Å². The van der Waals surface area contributed by atoms with Gasteiger partial charge in [0.2, 0.25) is 0 Å². The van der Waals surface area contributed by atoms with Crippen LogP contribution in [0, 0.1) is 0 Å². The summed E-state index contributed by atoms with van der Waals surface area (Å²) in [6, 6.07) is 12.8. The van der Waals surface area contributed by atoms with Crippen molar-refractivity contribution in [3.63, 3.8) is 0 Å². The van der Waals surface area contributed by atoms with Gasteiger partial charge in [-0.1, -0.05) is 30.3 Å². The topological polar surface area (TPSA) is 16.1 Å². The van der Waals surface area contributed by atoms with E-state index in [2.05, 4.69) is 68.2 Å². The van der Waals surface area contributed by atoms with Crippen molar-refractivity contribution in [2.24, 2.45) is 0 Å². The maximum atomic E-state index is 4.15. The molecule has 18 heavy (non-hydrogen) atoms. The minimum absolute atomic E-state index is 0.0491. The highest BCUT2D eigenvalue weighted by molar-refractivity contribution is 5.62. The first-order chi connectivity index (χ1) is 8.51. The zero-order chi connectivity index (χ0) is 13.2. The minimum atomic E-state index is 0.0491. The van der Waals surface area contributed by atoms with Gasteiger partial charge in [0.25, 0.3) is 0 Å². The van der Waals surface area contributed by atoms with Gasteiger partial charge in [0.05, 0.1) is 0 Å². The molecule has 0 aliphatic carbocycles. The van der Waals surface area contributed by atoms with Crippen LogP contribution in [-0.2, 0) is 5.54 Å². The van der Waals surface area contributed by atoms with E-state index >= 15 is 0 Å². The van der Waals surface area contributed by atoms with Crippen molar-refractivity contribution in [3.8, 4) is 11.1 Å². The van der Waals surface area contributed by atoms with Crippen molar-refractivity contribution in [3.05, 3.63) is 54.4 Å². The monoisotopic (exact) mass is 240 g/mol. The second-order valence-corrected chi connectivity index (χ2v) is 5.27. The summed E-state index contributed by atoms with van der Waals surface area (Å²) in [4.78, 5) is 6.38. The molecule has 1 aromatic heterocycles. The van der Waals surface area contributed by atoms with Crippen molar-refractivity contribution >= 4 is 0 Å². The molecule has 0 amide bonds. The predicted molar refractivity (Wildman–Crippen MR) is 76.4 cm³/mol. The van der Waals surface area contributed by atoms with E-state index in [0.717, 1.165) is 5.56 Å². The van der Waals surface area contributed by atoms with Crippen molar-refractivity contribution in [2.45, 2.75) is 19.4 Å². The third-order valence-electron chi connectivity index (χ3n) is 3.70. The molecule has 0 N–H and O–H groups in total. The van der Waals surface area contributed by atoms with Crippen LogP contribution in [-0.4, -0.2) is 24.0 Å². The van der Waals surface area contributed by atoms with Crippen LogP contribution < -0.4 is 0 Å². The van der Waals surface area contributed by atoms with Gasteiger partial charge >= 0.3 is 0 Å². The molecule has 0 fully saturated rings. The van der Waals surface area contributed by atoms with Crippen molar-refractivity contribution in [1.82, 2.24) is 9.88 Å². The first-order valence-corrected chi connectivity index (χ1v) is 6.20. The second kappa shape index (κ2) is 4.91. The van der Waals surface area contributed by atoms with E-state index in [-0.39, 0.29) is 5.54 Å². The molecule has 2 heteroatoms. The van der Waals surface area contributed by atoms with Crippen LogP contribution in [0.1, 0.15) is 19.4 Å². The lowest BCUT2D eigenvalue weighted by Gasteiger charge is -2.33. The maximum Gasteiger partial charge on any atom is 0.0398 e. The SMILES string of the molecule is CN(C)C(C)(C)c1ccc(-c2cccnc2)cc1. The zero-order valence-corrected chi connectivity index (χ0v) is 11.5. The fraction of sp³-hybridized carbons (Fsp3) is 0.312. The van der Waals surface area contributed by atoms with Crippen LogP contribution in [0.2, 0.25) is 0 Å². The standard InChI is InChI=1S/C16H20N2/c1-16(2,18(3)4)15-9-7-13(8-10-15)14-6-5-11-17-12-14/h5-12H,1-4H3. The molecule has 0 bridgehead atoms. The molecular weight excluding hydrogens is 220 g/mol. The molecule has 0 atom stereocenters. The van der Waals surface area contributed by atoms with E-state index in [1.54, 1.807) is 6.20 Å². The van der Waals surface area contributed by atoms with Crippen molar-refractivity contribution < 1.29 is 0 Å². The molecule has 0 saturated heterocycles. The van der Waals surface area contributed by atoms with Gasteiger partial charge < -0.3 is 4.90 Å². The average Bonchev–Trinajstić information content (AvgIpc) is 2.40. The van der Waals surface area contributed by atoms with E-state index in [4.69, 9.17) is 0 Å². The number of hydrogen-bond donors (Lipinski definition) is 0. The number of benzene rings is 1. The van der Waals surface area contributed by atoms with Gasteiger partial charge in [0, 0.05) is 17.9 Å². The Balaban J connectivity index is 2.32. The van der Waals surface area contributed by atoms with Crippen LogP contribution in [0.5, 0.6) is 0 Å². The van der Waals surface area contributed by atoms with E-state index in [0.29, 0.717) is 0 Å². The smallest absolute Gasteiger partial charge is 0.0398 e. The van der Waals surface area contributed by atoms with Gasteiger partial charge in [-0.25, -0.2) is 0 Å². The Bertz CT molecular complexity index is 498. The van der Waals surface area contributed by atoms with Gasteiger partial charge in [-0.15, -0.1) is 0 Å². The summed E-state index contributed by atoms with van der Waals surface area (Å²) < 4.78 is 0. The highest BCUT2D eigenvalue weighted by Crippen LogP contribution is 2.27. The Labute approximate surface area is 109 Å². The summed E-state index contributed by atoms with van der Waals surface area (Å²) in [5.74, 6) is 0. The molecule has 2 aromatic rings. The summed E-state index contributed by atoms with van der Waals surface area (Å²) in [6.07, 6.45) is 3.69. The molecule has 2 rings (SSSR count). The third kappa shape index (κ3) is 2.44. The van der Waals surface area contributed by atoms with Crippen LogP contribution in [0.3, 0.4) is 0 Å². The molecule has 94 valence electrons. The van der Waals surface area contributed by atoms with Crippen LogP contribution in [0.15, 0.2) is 48.8 Å². The number of pyridine rings is 1. The number of hydrogen-bond acceptors (Lipinski definition) is 2. The van der Waals surface area contributed by atoms with Crippen LogP contribution >= 0.6 is 0 Å². The van der Waals surface area contributed by atoms with Crippen molar-refractivity contribution in [2.75, 3.05) is 14.1 Å². The van der Waals surface area contributed by atoms with E-state index in [1.807, 2.05) is 12.3 Å². The summed E-state index contributed by atoms with van der Waals surface area (Å²) in [6.45, 7) is 4.46. The highest BCUT2D eigenvalue weighted by Gasteiger charge is 2.22. The predicted octanol–water partition coefficient (Wildman–Crippen LogP) is 3.55. The zero-order valence-electron chi connectivity index (χ0n) is 11.5.